The average Bonchev–Trinajstić information content (AvgIpc) is 2.80. The average molecular weight is 475 g/mol. The molecule has 0 aromatic rings. The maximum absolute atomic E-state index is 12.6. The third-order valence-corrected chi connectivity index (χ3v) is 6.79. The van der Waals surface area contributed by atoms with Crippen molar-refractivity contribution in [2.45, 2.75) is 84.0 Å². The largest absolute Gasteiger partial charge is 0.463 e. The van der Waals surface area contributed by atoms with Crippen LogP contribution in [0.15, 0.2) is 25.3 Å². The Balaban J connectivity index is 3.55. The second-order valence-corrected chi connectivity index (χ2v) is 9.95. The maximum atomic E-state index is 12.6. The van der Waals surface area contributed by atoms with Crippen molar-refractivity contribution in [3.63, 3.8) is 0 Å². The molecule has 186 valence electrons. The quantitative estimate of drug-likeness (QED) is 0.0735. The number of esters is 2. The first-order chi connectivity index (χ1) is 15.5. The van der Waals surface area contributed by atoms with E-state index in [2.05, 4.69) is 13.2 Å². The minimum atomic E-state index is -2.98. The Kier molecular flexibility index (Phi) is 20.5. The van der Waals surface area contributed by atoms with Gasteiger partial charge in [-0.3, -0.25) is 4.57 Å². The number of ether oxygens (including phenoxy) is 2. The zero-order valence-electron chi connectivity index (χ0n) is 19.9. The summed E-state index contributed by atoms with van der Waals surface area (Å²) < 4.78 is 33.6. The fraction of sp³-hybridized carbons (Fsp3) is 0.750. The summed E-state index contributed by atoms with van der Waals surface area (Å²) in [5.41, 5.74) is 0. The van der Waals surface area contributed by atoms with Gasteiger partial charge in [0.1, 0.15) is 0 Å². The lowest BCUT2D eigenvalue weighted by Crippen LogP contribution is -2.02. The van der Waals surface area contributed by atoms with Crippen LogP contribution in [0.4, 0.5) is 0 Å². The van der Waals surface area contributed by atoms with E-state index in [1.165, 1.54) is 12.2 Å². The Hall–Kier alpha value is -1.43. The number of carbonyl (C=O) groups is 2. The second kappa shape index (κ2) is 21.4. The summed E-state index contributed by atoms with van der Waals surface area (Å²) in [6, 6.07) is 0. The van der Waals surface area contributed by atoms with E-state index in [9.17, 15) is 14.2 Å². The number of hydrogen-bond acceptors (Lipinski definition) is 7. The van der Waals surface area contributed by atoms with Crippen molar-refractivity contribution >= 4 is 19.5 Å². The molecule has 0 aromatic carbocycles. The number of rotatable bonds is 23. The van der Waals surface area contributed by atoms with E-state index in [0.29, 0.717) is 32.6 Å². The van der Waals surface area contributed by atoms with Crippen LogP contribution in [0.3, 0.4) is 0 Å². The third kappa shape index (κ3) is 19.3. The molecule has 0 unspecified atom stereocenters. The zero-order valence-corrected chi connectivity index (χ0v) is 20.8. The number of unbranched alkanes of at least 4 members (excludes halogenated alkanes) is 10. The van der Waals surface area contributed by atoms with Gasteiger partial charge in [-0.2, -0.15) is 0 Å². The molecule has 7 nitrogen and oxygen atoms in total. The molecule has 0 aromatic heterocycles. The molecular weight excluding hydrogens is 431 g/mol. The van der Waals surface area contributed by atoms with Gasteiger partial charge in [-0.05, 0) is 25.7 Å². The van der Waals surface area contributed by atoms with E-state index < -0.39 is 7.60 Å². The highest BCUT2D eigenvalue weighted by Crippen LogP contribution is 2.47. The van der Waals surface area contributed by atoms with Crippen molar-refractivity contribution < 1.29 is 32.7 Å². The highest BCUT2D eigenvalue weighted by atomic mass is 31.2. The van der Waals surface area contributed by atoms with Crippen LogP contribution < -0.4 is 0 Å². The molecule has 0 radical (unpaired) electrons. The predicted molar refractivity (Wildman–Crippen MR) is 128 cm³/mol. The van der Waals surface area contributed by atoms with E-state index in [0.717, 1.165) is 77.0 Å². The predicted octanol–water partition coefficient (Wildman–Crippen LogP) is 6.37. The molecule has 0 N–H and O–H groups in total. The molecule has 0 amide bonds. The van der Waals surface area contributed by atoms with Crippen molar-refractivity contribution in [3.8, 4) is 0 Å². The van der Waals surface area contributed by atoms with Gasteiger partial charge < -0.3 is 18.5 Å². The zero-order chi connectivity index (χ0) is 23.9. The Morgan fingerprint density at radius 3 is 1.25 bits per heavy atom. The minimum absolute atomic E-state index is 0.370. The van der Waals surface area contributed by atoms with Crippen LogP contribution in [0.5, 0.6) is 0 Å². The van der Waals surface area contributed by atoms with Crippen LogP contribution in [0, 0.1) is 0 Å². The molecule has 0 bridgehead atoms. The summed E-state index contributed by atoms with van der Waals surface area (Å²) >= 11 is 0. The summed E-state index contributed by atoms with van der Waals surface area (Å²) in [5.74, 6) is -0.740. The summed E-state index contributed by atoms with van der Waals surface area (Å²) in [7, 11) is -2.98. The van der Waals surface area contributed by atoms with Crippen molar-refractivity contribution in [2.24, 2.45) is 0 Å². The third-order valence-electron chi connectivity index (χ3n) is 4.86. The maximum Gasteiger partial charge on any atom is 0.330 e. The highest BCUT2D eigenvalue weighted by Gasteiger charge is 2.21. The fourth-order valence-corrected chi connectivity index (χ4v) is 4.17. The van der Waals surface area contributed by atoms with Crippen LogP contribution in [-0.2, 0) is 32.7 Å². The molecule has 0 saturated carbocycles. The molecule has 0 aliphatic carbocycles. The lowest BCUT2D eigenvalue weighted by atomic mass is 10.1. The van der Waals surface area contributed by atoms with Gasteiger partial charge >= 0.3 is 19.5 Å². The second-order valence-electron chi connectivity index (χ2n) is 7.58. The summed E-state index contributed by atoms with van der Waals surface area (Å²) in [4.78, 5) is 21.8. The van der Waals surface area contributed by atoms with Gasteiger partial charge in [0.15, 0.2) is 0 Å². The van der Waals surface area contributed by atoms with E-state index in [4.69, 9.17) is 18.5 Å². The Labute approximate surface area is 194 Å². The van der Waals surface area contributed by atoms with Crippen molar-refractivity contribution in [1.29, 1.82) is 0 Å². The van der Waals surface area contributed by atoms with Crippen LogP contribution in [0.2, 0.25) is 0 Å². The summed E-state index contributed by atoms with van der Waals surface area (Å²) in [6.07, 6.45) is 14.6. The van der Waals surface area contributed by atoms with Crippen molar-refractivity contribution in [3.05, 3.63) is 25.3 Å². The Morgan fingerprint density at radius 1 is 0.625 bits per heavy atom. The first kappa shape index (κ1) is 30.6. The number of hydrogen-bond donors (Lipinski definition) is 0. The van der Waals surface area contributed by atoms with Gasteiger partial charge in [-0.15, -0.1) is 0 Å². The van der Waals surface area contributed by atoms with Gasteiger partial charge in [-0.25, -0.2) is 9.59 Å². The molecule has 0 aliphatic rings. The van der Waals surface area contributed by atoms with Gasteiger partial charge in [0.25, 0.3) is 0 Å². The Bertz CT molecular complexity index is 519. The van der Waals surface area contributed by atoms with E-state index in [1.54, 1.807) is 0 Å². The highest BCUT2D eigenvalue weighted by molar-refractivity contribution is 7.53. The van der Waals surface area contributed by atoms with Gasteiger partial charge in [-0.1, -0.05) is 71.4 Å². The molecule has 0 atom stereocenters. The molecule has 8 heteroatoms. The van der Waals surface area contributed by atoms with Gasteiger partial charge in [0.2, 0.25) is 0 Å². The molecule has 0 heterocycles. The molecule has 0 saturated heterocycles. The van der Waals surface area contributed by atoms with Crippen LogP contribution in [-0.4, -0.2) is 44.5 Å². The van der Waals surface area contributed by atoms with E-state index in [-0.39, 0.29) is 11.9 Å². The van der Waals surface area contributed by atoms with E-state index in [1.807, 2.05) is 6.92 Å². The monoisotopic (exact) mass is 474 g/mol. The van der Waals surface area contributed by atoms with Crippen LogP contribution >= 0.6 is 7.60 Å². The van der Waals surface area contributed by atoms with Gasteiger partial charge in [0, 0.05) is 18.3 Å². The summed E-state index contributed by atoms with van der Waals surface area (Å²) in [6.45, 7) is 10.3. The fourth-order valence-electron chi connectivity index (χ4n) is 2.91. The van der Waals surface area contributed by atoms with Crippen molar-refractivity contribution in [1.82, 2.24) is 0 Å². The molecule has 0 rings (SSSR count). The molecule has 0 fully saturated rings. The van der Waals surface area contributed by atoms with Crippen molar-refractivity contribution in [2.75, 3.05) is 32.6 Å². The topological polar surface area (TPSA) is 88.1 Å². The standard InChI is InChI=1S/C24H43O7P/c1-4-23(25)28-19-15-11-7-9-13-17-21-30-32(27,6-3)31-22-18-14-10-8-12-16-20-29-24(26)5-2/h4-5H,1-2,6-22H2,3H3. The first-order valence-electron chi connectivity index (χ1n) is 11.9. The lowest BCUT2D eigenvalue weighted by Gasteiger charge is -2.17. The Morgan fingerprint density at radius 2 is 0.938 bits per heavy atom. The summed E-state index contributed by atoms with van der Waals surface area (Å²) in [5, 5.41) is 0. The lowest BCUT2D eigenvalue weighted by molar-refractivity contribution is -0.138. The molecule has 32 heavy (non-hydrogen) atoms. The molecule has 0 aliphatic heterocycles. The smallest absolute Gasteiger partial charge is 0.330 e. The molecule has 0 spiro atoms. The van der Waals surface area contributed by atoms with Crippen LogP contribution in [0.1, 0.15) is 84.0 Å². The normalized spacial score (nSPS) is 11.2. The molecular formula is C24H43O7P. The SMILES string of the molecule is C=CC(=O)OCCCCCCCCOP(=O)(CC)OCCCCCCCCOC(=O)C=C. The van der Waals surface area contributed by atoms with Gasteiger partial charge in [0.05, 0.1) is 26.4 Å². The minimum Gasteiger partial charge on any atom is -0.463 e. The first-order valence-corrected chi connectivity index (χ1v) is 13.7. The number of carbonyl (C=O) groups excluding carboxylic acids is 2. The van der Waals surface area contributed by atoms with E-state index >= 15 is 0 Å². The van der Waals surface area contributed by atoms with Crippen LogP contribution in [0.25, 0.3) is 0 Å².